The van der Waals surface area contributed by atoms with Gasteiger partial charge >= 0.3 is 0 Å². The molecule has 0 aromatic rings. The molecule has 1 fully saturated rings. The molecule has 0 aliphatic carbocycles. The van der Waals surface area contributed by atoms with Crippen molar-refractivity contribution < 1.29 is 0 Å². The summed E-state index contributed by atoms with van der Waals surface area (Å²) >= 11 is 0. The van der Waals surface area contributed by atoms with E-state index in [1.165, 1.54) is 70.9 Å². The Morgan fingerprint density at radius 1 is 1.07 bits per heavy atom. The molecule has 1 unspecified atom stereocenters. The molecule has 0 bridgehead atoms. The molecule has 0 aromatic heterocycles. The molecule has 0 radical (unpaired) electrons. The van der Waals surface area contributed by atoms with Crippen LogP contribution in [0.5, 0.6) is 0 Å². The minimum atomic E-state index is 0.985. The molecular weight excluding hydrogens is 170 g/mol. The van der Waals surface area contributed by atoms with Crippen LogP contribution in [-0.2, 0) is 0 Å². The van der Waals surface area contributed by atoms with Gasteiger partial charge in [0.25, 0.3) is 0 Å². The highest BCUT2D eigenvalue weighted by Crippen LogP contribution is 2.18. The number of rotatable bonds is 6. The van der Waals surface area contributed by atoms with Crippen LogP contribution in [0.25, 0.3) is 0 Å². The molecule has 14 heavy (non-hydrogen) atoms. The van der Waals surface area contributed by atoms with Crippen molar-refractivity contribution in [3.63, 3.8) is 0 Å². The van der Waals surface area contributed by atoms with Crippen molar-refractivity contribution in [2.45, 2.75) is 64.7 Å². The predicted octanol–water partition coefficient (Wildman–Crippen LogP) is 3.74. The van der Waals surface area contributed by atoms with Crippen LogP contribution in [0.4, 0.5) is 0 Å². The third-order valence-electron chi connectivity index (χ3n) is 3.36. The molecule has 0 amide bonds. The third kappa shape index (κ3) is 5.64. The lowest BCUT2D eigenvalue weighted by atomic mass is 9.96. The van der Waals surface area contributed by atoms with Gasteiger partial charge in [-0.25, -0.2) is 0 Å². The van der Waals surface area contributed by atoms with Crippen LogP contribution in [0.15, 0.2) is 0 Å². The molecule has 0 spiro atoms. The van der Waals surface area contributed by atoms with Crippen LogP contribution >= 0.6 is 0 Å². The maximum absolute atomic E-state index is 3.55. The molecule has 0 saturated carbocycles. The summed E-state index contributed by atoms with van der Waals surface area (Å²) in [7, 11) is 0. The monoisotopic (exact) mass is 197 g/mol. The Morgan fingerprint density at radius 3 is 2.79 bits per heavy atom. The summed E-state index contributed by atoms with van der Waals surface area (Å²) in [5.74, 6) is 0.985. The van der Waals surface area contributed by atoms with E-state index in [0.717, 1.165) is 5.92 Å². The van der Waals surface area contributed by atoms with E-state index in [-0.39, 0.29) is 0 Å². The molecule has 1 heterocycles. The van der Waals surface area contributed by atoms with E-state index in [9.17, 15) is 0 Å². The first-order chi connectivity index (χ1) is 6.93. The second-order valence-electron chi connectivity index (χ2n) is 4.77. The highest BCUT2D eigenvalue weighted by atomic mass is 14.9. The van der Waals surface area contributed by atoms with Crippen molar-refractivity contribution in [1.82, 2.24) is 5.32 Å². The summed E-state index contributed by atoms with van der Waals surface area (Å²) in [6, 6.07) is 0. The second kappa shape index (κ2) is 8.28. The van der Waals surface area contributed by atoms with E-state index in [4.69, 9.17) is 0 Å². The van der Waals surface area contributed by atoms with E-state index >= 15 is 0 Å². The third-order valence-corrected chi connectivity index (χ3v) is 3.36. The molecule has 1 aliphatic rings. The fourth-order valence-electron chi connectivity index (χ4n) is 2.37. The Balaban J connectivity index is 1.93. The van der Waals surface area contributed by atoms with Gasteiger partial charge in [0.1, 0.15) is 0 Å². The van der Waals surface area contributed by atoms with Gasteiger partial charge in [-0.15, -0.1) is 0 Å². The smallest absolute Gasteiger partial charge is 0.00205 e. The first-order valence-corrected chi connectivity index (χ1v) is 6.64. The van der Waals surface area contributed by atoms with Gasteiger partial charge < -0.3 is 5.32 Å². The van der Waals surface area contributed by atoms with E-state index in [0.29, 0.717) is 0 Å². The highest BCUT2D eigenvalue weighted by molar-refractivity contribution is 4.67. The lowest BCUT2D eigenvalue weighted by Gasteiger charge is -2.13. The largest absolute Gasteiger partial charge is 0.316 e. The van der Waals surface area contributed by atoms with Gasteiger partial charge in [0.2, 0.25) is 0 Å². The van der Waals surface area contributed by atoms with Crippen LogP contribution in [0.1, 0.15) is 64.7 Å². The summed E-state index contributed by atoms with van der Waals surface area (Å²) in [6.45, 7) is 4.83. The molecule has 1 saturated heterocycles. The minimum Gasteiger partial charge on any atom is -0.316 e. The first kappa shape index (κ1) is 12.0. The average molecular weight is 197 g/mol. The number of unbranched alkanes of at least 4 members (excludes halogenated alkanes) is 4. The van der Waals surface area contributed by atoms with Crippen LogP contribution in [0.3, 0.4) is 0 Å². The topological polar surface area (TPSA) is 12.0 Å². The molecule has 84 valence electrons. The van der Waals surface area contributed by atoms with Crippen molar-refractivity contribution in [3.05, 3.63) is 0 Å². The van der Waals surface area contributed by atoms with Crippen molar-refractivity contribution in [2.75, 3.05) is 13.1 Å². The van der Waals surface area contributed by atoms with Gasteiger partial charge in [0.05, 0.1) is 0 Å². The molecule has 1 heteroatoms. The van der Waals surface area contributed by atoms with Gasteiger partial charge in [-0.05, 0) is 38.3 Å². The van der Waals surface area contributed by atoms with E-state index < -0.39 is 0 Å². The average Bonchev–Trinajstić information content (AvgIpc) is 2.46. The van der Waals surface area contributed by atoms with Crippen LogP contribution in [0.2, 0.25) is 0 Å². The Labute approximate surface area is 89.7 Å². The lowest BCUT2D eigenvalue weighted by Crippen LogP contribution is -2.20. The molecule has 1 atom stereocenters. The standard InChI is InChI=1S/C13H27N/c1-2-3-4-5-6-9-13-10-7-8-11-14-12-13/h13-14H,2-12H2,1H3. The molecule has 1 aliphatic heterocycles. The van der Waals surface area contributed by atoms with Gasteiger partial charge in [-0.2, -0.15) is 0 Å². The Hall–Kier alpha value is -0.0400. The summed E-state index contributed by atoms with van der Waals surface area (Å²) in [5, 5.41) is 3.55. The molecular formula is C13H27N. The lowest BCUT2D eigenvalue weighted by molar-refractivity contribution is 0.421. The minimum absolute atomic E-state index is 0.985. The second-order valence-corrected chi connectivity index (χ2v) is 4.77. The van der Waals surface area contributed by atoms with Crippen molar-refractivity contribution >= 4 is 0 Å². The summed E-state index contributed by atoms with van der Waals surface area (Å²) in [4.78, 5) is 0. The quantitative estimate of drug-likeness (QED) is 0.640. The van der Waals surface area contributed by atoms with Gasteiger partial charge in [-0.3, -0.25) is 0 Å². The summed E-state index contributed by atoms with van der Waals surface area (Å²) in [5.41, 5.74) is 0. The van der Waals surface area contributed by atoms with Gasteiger partial charge in [-0.1, -0.05) is 45.4 Å². The Morgan fingerprint density at radius 2 is 1.93 bits per heavy atom. The van der Waals surface area contributed by atoms with Crippen molar-refractivity contribution in [3.8, 4) is 0 Å². The van der Waals surface area contributed by atoms with Gasteiger partial charge in [0.15, 0.2) is 0 Å². The normalized spacial score (nSPS) is 23.4. The highest BCUT2D eigenvalue weighted by Gasteiger charge is 2.10. The zero-order valence-electron chi connectivity index (χ0n) is 9.86. The summed E-state index contributed by atoms with van der Waals surface area (Å²) < 4.78 is 0. The Kier molecular flexibility index (Phi) is 7.12. The zero-order chi connectivity index (χ0) is 10.1. The SMILES string of the molecule is CCCCCCCC1CCCCNC1. The van der Waals surface area contributed by atoms with Crippen LogP contribution < -0.4 is 5.32 Å². The Bertz CT molecular complexity index is 114. The molecule has 1 nitrogen and oxygen atoms in total. The van der Waals surface area contributed by atoms with Crippen molar-refractivity contribution in [2.24, 2.45) is 5.92 Å². The molecule has 1 rings (SSSR count). The fraction of sp³-hybridized carbons (Fsp3) is 1.00. The van der Waals surface area contributed by atoms with Crippen LogP contribution in [-0.4, -0.2) is 13.1 Å². The summed E-state index contributed by atoms with van der Waals surface area (Å²) in [6.07, 6.45) is 13.0. The maximum Gasteiger partial charge on any atom is -0.00205 e. The zero-order valence-corrected chi connectivity index (χ0v) is 9.86. The van der Waals surface area contributed by atoms with E-state index in [2.05, 4.69) is 12.2 Å². The van der Waals surface area contributed by atoms with E-state index in [1.54, 1.807) is 0 Å². The number of hydrogen-bond acceptors (Lipinski definition) is 1. The van der Waals surface area contributed by atoms with Gasteiger partial charge in [0, 0.05) is 0 Å². The number of nitrogens with one attached hydrogen (secondary N) is 1. The molecule has 0 aromatic carbocycles. The molecule has 1 N–H and O–H groups in total. The van der Waals surface area contributed by atoms with E-state index in [1.807, 2.05) is 0 Å². The maximum atomic E-state index is 3.55. The van der Waals surface area contributed by atoms with Crippen LogP contribution in [0, 0.1) is 5.92 Å². The first-order valence-electron chi connectivity index (χ1n) is 6.64. The van der Waals surface area contributed by atoms with Crippen molar-refractivity contribution in [1.29, 1.82) is 0 Å². The fourth-order valence-corrected chi connectivity index (χ4v) is 2.37. The predicted molar refractivity (Wildman–Crippen MR) is 63.6 cm³/mol. The number of hydrogen-bond donors (Lipinski definition) is 1.